The molecule has 1 unspecified atom stereocenters. The molecule has 0 saturated carbocycles. The van der Waals surface area contributed by atoms with Gasteiger partial charge in [0.15, 0.2) is 11.8 Å². The van der Waals surface area contributed by atoms with Gasteiger partial charge < -0.3 is 24.8 Å². The first-order chi connectivity index (χ1) is 14.1. The van der Waals surface area contributed by atoms with Crippen LogP contribution in [0, 0.1) is 5.92 Å². The van der Waals surface area contributed by atoms with Crippen LogP contribution in [0.4, 0.5) is 4.79 Å². The summed E-state index contributed by atoms with van der Waals surface area (Å²) in [4.78, 5) is 19.0. The number of hydrogen-bond donors (Lipinski definition) is 2. The van der Waals surface area contributed by atoms with E-state index >= 15 is 0 Å². The molecule has 0 aliphatic carbocycles. The Labute approximate surface area is 203 Å². The van der Waals surface area contributed by atoms with Crippen molar-refractivity contribution in [2.24, 2.45) is 10.9 Å². The highest BCUT2D eigenvalue weighted by molar-refractivity contribution is 14.0. The number of halogens is 1. The Morgan fingerprint density at radius 2 is 2.03 bits per heavy atom. The van der Waals surface area contributed by atoms with Gasteiger partial charge in [0.05, 0.1) is 0 Å². The van der Waals surface area contributed by atoms with Crippen LogP contribution >= 0.6 is 24.0 Å². The number of carbonyl (C=O) groups excluding carboxylic acids is 1. The topological polar surface area (TPSA) is 96.7 Å². The molecule has 0 bridgehead atoms. The fourth-order valence-corrected chi connectivity index (χ4v) is 3.41. The summed E-state index contributed by atoms with van der Waals surface area (Å²) in [6, 6.07) is 0.0185. The summed E-state index contributed by atoms with van der Waals surface area (Å²) in [7, 11) is 2.01. The molecule has 1 aromatic heterocycles. The Kier molecular flexibility index (Phi) is 11.0. The summed E-state index contributed by atoms with van der Waals surface area (Å²) < 4.78 is 7.59. The van der Waals surface area contributed by atoms with E-state index in [9.17, 15) is 4.79 Å². The number of fused-ring (bicyclic) bond motifs is 1. The molecular weight excluding hydrogens is 509 g/mol. The molecule has 0 spiro atoms. The van der Waals surface area contributed by atoms with E-state index in [-0.39, 0.29) is 36.1 Å². The third-order valence-electron chi connectivity index (χ3n) is 5.04. The van der Waals surface area contributed by atoms with Gasteiger partial charge in [0.2, 0.25) is 0 Å². The van der Waals surface area contributed by atoms with E-state index in [4.69, 9.17) is 9.73 Å². The van der Waals surface area contributed by atoms with Crippen molar-refractivity contribution in [1.29, 1.82) is 0 Å². The molecule has 0 radical (unpaired) electrons. The monoisotopic (exact) mass is 549 g/mol. The average Bonchev–Trinajstić information content (AvgIpc) is 3.24. The van der Waals surface area contributed by atoms with Gasteiger partial charge in [0.25, 0.3) is 0 Å². The van der Waals surface area contributed by atoms with E-state index in [2.05, 4.69) is 51.1 Å². The largest absolute Gasteiger partial charge is 0.444 e. The molecule has 2 N–H and O–H groups in total. The zero-order valence-electron chi connectivity index (χ0n) is 20.1. The molecule has 178 valence electrons. The van der Waals surface area contributed by atoms with Gasteiger partial charge in [-0.1, -0.05) is 13.8 Å². The predicted molar refractivity (Wildman–Crippen MR) is 134 cm³/mol. The predicted octanol–water partition coefficient (Wildman–Crippen LogP) is 3.18. The van der Waals surface area contributed by atoms with Crippen LogP contribution in [0.3, 0.4) is 0 Å². The third-order valence-corrected chi connectivity index (χ3v) is 5.04. The molecule has 0 fully saturated rings. The molecule has 1 amide bonds. The number of amides is 1. The number of nitrogens with one attached hydrogen (secondary N) is 2. The fourth-order valence-electron chi connectivity index (χ4n) is 3.41. The average molecular weight is 550 g/mol. The Bertz CT molecular complexity index is 728. The van der Waals surface area contributed by atoms with Gasteiger partial charge in [-0.25, -0.2) is 9.79 Å². The van der Waals surface area contributed by atoms with E-state index in [0.29, 0.717) is 12.5 Å². The van der Waals surface area contributed by atoms with Crippen molar-refractivity contribution in [2.45, 2.75) is 85.5 Å². The van der Waals surface area contributed by atoms with Crippen LogP contribution in [0.5, 0.6) is 0 Å². The van der Waals surface area contributed by atoms with E-state index in [0.717, 1.165) is 56.5 Å². The molecule has 10 heteroatoms. The molecule has 2 rings (SSSR count). The number of aliphatic imine (C=N–C) groups is 1. The number of ether oxygens (including phenoxy) is 1. The second-order valence-corrected chi connectivity index (χ2v) is 9.16. The van der Waals surface area contributed by atoms with Gasteiger partial charge in [0.1, 0.15) is 18.0 Å². The molecule has 0 saturated heterocycles. The second kappa shape index (κ2) is 12.4. The van der Waals surface area contributed by atoms with Crippen molar-refractivity contribution in [2.75, 3.05) is 20.1 Å². The normalized spacial score (nSPS) is 14.6. The van der Waals surface area contributed by atoms with Crippen molar-refractivity contribution in [3.63, 3.8) is 0 Å². The molecule has 2 heterocycles. The summed E-state index contributed by atoms with van der Waals surface area (Å²) in [5.74, 6) is 3.10. The minimum atomic E-state index is -0.505. The van der Waals surface area contributed by atoms with Crippen LogP contribution in [0.25, 0.3) is 0 Å². The van der Waals surface area contributed by atoms with Gasteiger partial charge in [0, 0.05) is 39.1 Å². The van der Waals surface area contributed by atoms with Crippen molar-refractivity contribution in [1.82, 2.24) is 30.3 Å². The highest BCUT2D eigenvalue weighted by Gasteiger charge is 2.22. The molecule has 1 aromatic rings. The molecule has 0 aromatic carbocycles. The smallest absolute Gasteiger partial charge is 0.407 e. The summed E-state index contributed by atoms with van der Waals surface area (Å²) in [6.45, 7) is 14.9. The Balaban J connectivity index is 0.00000480. The maximum atomic E-state index is 12.2. The highest BCUT2D eigenvalue weighted by atomic mass is 127. The summed E-state index contributed by atoms with van der Waals surface area (Å²) in [5.41, 5.74) is -0.505. The fraction of sp³-hybridized carbons (Fsp3) is 0.810. The minimum Gasteiger partial charge on any atom is -0.444 e. The van der Waals surface area contributed by atoms with Crippen molar-refractivity contribution in [3.8, 4) is 0 Å². The SMILES string of the molecule is CCNC(=NCc1nnc2n1CCC2)N(C)CCC(NC(=O)OC(C)(C)C)C(C)C.I. The number of aryl methyl sites for hydroxylation is 1. The minimum absolute atomic E-state index is 0. The van der Waals surface area contributed by atoms with Crippen LogP contribution in [-0.4, -0.2) is 63.5 Å². The number of rotatable bonds is 8. The molecule has 1 atom stereocenters. The lowest BCUT2D eigenvalue weighted by atomic mass is 10.0. The van der Waals surface area contributed by atoms with Gasteiger partial charge in [-0.15, -0.1) is 34.2 Å². The number of carbonyl (C=O) groups is 1. The first-order valence-electron chi connectivity index (χ1n) is 11.0. The first kappa shape index (κ1) is 27.4. The van der Waals surface area contributed by atoms with Gasteiger partial charge in [-0.3, -0.25) is 0 Å². The highest BCUT2D eigenvalue weighted by Crippen LogP contribution is 2.15. The molecule has 31 heavy (non-hydrogen) atoms. The second-order valence-electron chi connectivity index (χ2n) is 9.16. The maximum Gasteiger partial charge on any atom is 0.407 e. The van der Waals surface area contributed by atoms with E-state index in [1.54, 1.807) is 0 Å². The zero-order chi connectivity index (χ0) is 22.3. The Hall–Kier alpha value is -1.59. The van der Waals surface area contributed by atoms with Crippen molar-refractivity contribution < 1.29 is 9.53 Å². The molecular formula is C21H40IN7O2. The quantitative estimate of drug-likeness (QED) is 0.294. The van der Waals surface area contributed by atoms with E-state index < -0.39 is 5.60 Å². The van der Waals surface area contributed by atoms with E-state index in [1.807, 2.05) is 27.8 Å². The van der Waals surface area contributed by atoms with E-state index in [1.165, 1.54) is 0 Å². The van der Waals surface area contributed by atoms with Crippen LogP contribution in [0.1, 0.15) is 66.0 Å². The van der Waals surface area contributed by atoms with Gasteiger partial charge >= 0.3 is 6.09 Å². The summed E-state index contributed by atoms with van der Waals surface area (Å²) >= 11 is 0. The first-order valence-corrected chi connectivity index (χ1v) is 11.0. The maximum absolute atomic E-state index is 12.2. The number of nitrogens with zero attached hydrogens (tertiary/aromatic N) is 5. The number of alkyl carbamates (subject to hydrolysis) is 1. The lowest BCUT2D eigenvalue weighted by Gasteiger charge is -2.28. The zero-order valence-corrected chi connectivity index (χ0v) is 22.4. The number of aromatic nitrogens is 3. The molecule has 1 aliphatic rings. The summed E-state index contributed by atoms with van der Waals surface area (Å²) in [5, 5.41) is 14.9. The van der Waals surface area contributed by atoms with Crippen LogP contribution < -0.4 is 10.6 Å². The van der Waals surface area contributed by atoms with Crippen LogP contribution in [-0.2, 0) is 24.2 Å². The van der Waals surface area contributed by atoms with Crippen molar-refractivity contribution >= 4 is 36.0 Å². The van der Waals surface area contributed by atoms with Gasteiger partial charge in [-0.05, 0) is 46.5 Å². The van der Waals surface area contributed by atoms with Gasteiger partial charge in [-0.2, -0.15) is 0 Å². The number of guanidine groups is 1. The van der Waals surface area contributed by atoms with Crippen LogP contribution in [0.2, 0.25) is 0 Å². The molecule has 1 aliphatic heterocycles. The molecule has 9 nitrogen and oxygen atoms in total. The Morgan fingerprint density at radius 3 is 2.65 bits per heavy atom. The Morgan fingerprint density at radius 1 is 1.32 bits per heavy atom. The van der Waals surface area contributed by atoms with Crippen molar-refractivity contribution in [3.05, 3.63) is 11.6 Å². The number of hydrogen-bond acceptors (Lipinski definition) is 5. The lowest BCUT2D eigenvalue weighted by molar-refractivity contribution is 0.0486. The third kappa shape index (κ3) is 8.82. The summed E-state index contributed by atoms with van der Waals surface area (Å²) in [6.07, 6.45) is 2.55. The standard InChI is InChI=1S/C21H39N7O2.HI/c1-8-22-19(23-14-18-26-25-17-10-9-12-28(17)18)27(7)13-11-16(15(2)3)24-20(29)30-21(4,5)6;/h15-16H,8-14H2,1-7H3,(H,22,23)(H,24,29);1H. The van der Waals surface area contributed by atoms with Crippen LogP contribution in [0.15, 0.2) is 4.99 Å². The lowest BCUT2D eigenvalue weighted by Crippen LogP contribution is -2.45.